The van der Waals surface area contributed by atoms with E-state index in [-0.39, 0.29) is 11.6 Å². The number of nitrogens with one attached hydrogen (secondary N) is 1. The SMILES string of the molecule is C=CC(=O)Nc1cccc(-n2c(=O)n(-c3cccc(Oc4cccc(OC)c4)c3)c3cnccc32)c1. The number of amides is 1. The van der Waals surface area contributed by atoms with E-state index >= 15 is 0 Å². The van der Waals surface area contributed by atoms with E-state index in [4.69, 9.17) is 9.47 Å². The fourth-order valence-electron chi connectivity index (χ4n) is 3.95. The average Bonchev–Trinajstić information content (AvgIpc) is 3.20. The van der Waals surface area contributed by atoms with E-state index in [2.05, 4.69) is 16.9 Å². The fraction of sp³-hybridized carbons (Fsp3) is 0.0357. The molecule has 2 heterocycles. The van der Waals surface area contributed by atoms with Gasteiger partial charge in [-0.05, 0) is 54.6 Å². The van der Waals surface area contributed by atoms with Crippen molar-refractivity contribution in [2.75, 3.05) is 12.4 Å². The van der Waals surface area contributed by atoms with Crippen molar-refractivity contribution >= 4 is 22.6 Å². The Morgan fingerprint density at radius 2 is 1.56 bits per heavy atom. The van der Waals surface area contributed by atoms with E-state index in [0.717, 1.165) is 0 Å². The molecule has 36 heavy (non-hydrogen) atoms. The number of nitrogens with zero attached hydrogens (tertiary/aromatic N) is 3. The second-order valence-corrected chi connectivity index (χ2v) is 7.84. The van der Waals surface area contributed by atoms with Crippen molar-refractivity contribution < 1.29 is 14.3 Å². The lowest BCUT2D eigenvalue weighted by atomic mass is 10.2. The van der Waals surface area contributed by atoms with Gasteiger partial charge >= 0.3 is 5.69 Å². The van der Waals surface area contributed by atoms with Gasteiger partial charge in [0.05, 0.1) is 35.7 Å². The molecule has 0 fully saturated rings. The number of hydrogen-bond acceptors (Lipinski definition) is 5. The van der Waals surface area contributed by atoms with Gasteiger partial charge in [0.2, 0.25) is 5.91 Å². The van der Waals surface area contributed by atoms with Gasteiger partial charge in [-0.15, -0.1) is 0 Å². The molecule has 1 N–H and O–H groups in total. The number of hydrogen-bond donors (Lipinski definition) is 1. The zero-order valence-corrected chi connectivity index (χ0v) is 19.4. The number of ether oxygens (including phenoxy) is 2. The van der Waals surface area contributed by atoms with Crippen LogP contribution in [0.4, 0.5) is 5.69 Å². The Kier molecular flexibility index (Phi) is 6.07. The van der Waals surface area contributed by atoms with Crippen molar-refractivity contribution in [3.8, 4) is 28.6 Å². The molecule has 178 valence electrons. The minimum absolute atomic E-state index is 0.288. The van der Waals surface area contributed by atoms with Crippen LogP contribution < -0.4 is 20.5 Å². The molecule has 2 aromatic heterocycles. The molecule has 3 aromatic carbocycles. The van der Waals surface area contributed by atoms with Crippen molar-refractivity contribution in [1.29, 1.82) is 0 Å². The summed E-state index contributed by atoms with van der Waals surface area (Å²) in [5, 5.41) is 2.73. The maximum atomic E-state index is 13.8. The highest BCUT2D eigenvalue weighted by molar-refractivity contribution is 5.99. The van der Waals surface area contributed by atoms with E-state index in [1.165, 1.54) is 6.08 Å². The van der Waals surface area contributed by atoms with Gasteiger partial charge in [0.25, 0.3) is 0 Å². The van der Waals surface area contributed by atoms with Gasteiger partial charge in [0.1, 0.15) is 17.2 Å². The molecule has 0 bridgehead atoms. The lowest BCUT2D eigenvalue weighted by molar-refractivity contribution is -0.111. The summed E-state index contributed by atoms with van der Waals surface area (Å²) in [6.45, 7) is 3.48. The van der Waals surface area contributed by atoms with Gasteiger partial charge in [0.15, 0.2) is 0 Å². The monoisotopic (exact) mass is 478 g/mol. The summed E-state index contributed by atoms with van der Waals surface area (Å²) in [5.74, 6) is 1.52. The minimum Gasteiger partial charge on any atom is -0.497 e. The normalized spacial score (nSPS) is 10.7. The number of anilines is 1. The first-order valence-electron chi connectivity index (χ1n) is 11.1. The molecule has 0 saturated heterocycles. The molecule has 0 aliphatic rings. The molecular weight excluding hydrogens is 456 g/mol. The summed E-state index contributed by atoms with van der Waals surface area (Å²) in [4.78, 5) is 29.8. The molecule has 5 rings (SSSR count). The van der Waals surface area contributed by atoms with Gasteiger partial charge in [-0.1, -0.05) is 24.8 Å². The summed E-state index contributed by atoms with van der Waals surface area (Å²) in [7, 11) is 1.60. The molecule has 5 aromatic rings. The average molecular weight is 479 g/mol. The molecule has 0 unspecified atom stereocenters. The van der Waals surface area contributed by atoms with Crippen LogP contribution in [0.3, 0.4) is 0 Å². The summed E-state index contributed by atoms with van der Waals surface area (Å²) in [6, 6.07) is 23.4. The van der Waals surface area contributed by atoms with E-state index in [1.807, 2.05) is 36.4 Å². The maximum absolute atomic E-state index is 13.8. The van der Waals surface area contributed by atoms with Gasteiger partial charge in [0, 0.05) is 24.0 Å². The van der Waals surface area contributed by atoms with Crippen LogP contribution in [0.1, 0.15) is 0 Å². The number of imidazole rings is 1. The Hall–Kier alpha value is -5.11. The fourth-order valence-corrected chi connectivity index (χ4v) is 3.95. The zero-order valence-electron chi connectivity index (χ0n) is 19.4. The Morgan fingerprint density at radius 1 is 0.889 bits per heavy atom. The molecule has 8 nitrogen and oxygen atoms in total. The van der Waals surface area contributed by atoms with Crippen LogP contribution in [0.15, 0.2) is 109 Å². The molecule has 0 spiro atoms. The van der Waals surface area contributed by atoms with Gasteiger partial charge in [-0.25, -0.2) is 4.79 Å². The summed E-state index contributed by atoms with van der Waals surface area (Å²) in [6.07, 6.45) is 4.47. The highest BCUT2D eigenvalue weighted by atomic mass is 16.5. The van der Waals surface area contributed by atoms with E-state index < -0.39 is 0 Å². The topological polar surface area (TPSA) is 87.4 Å². The minimum atomic E-state index is -0.334. The molecule has 0 radical (unpaired) electrons. The Morgan fingerprint density at radius 3 is 2.33 bits per heavy atom. The smallest absolute Gasteiger partial charge is 0.338 e. The Labute approximate surface area is 206 Å². The number of carbonyl (C=O) groups excluding carboxylic acids is 1. The maximum Gasteiger partial charge on any atom is 0.338 e. The second kappa shape index (κ2) is 9.63. The number of pyridine rings is 1. The Balaban J connectivity index is 1.60. The van der Waals surface area contributed by atoms with Crippen LogP contribution >= 0.6 is 0 Å². The van der Waals surface area contributed by atoms with Crippen molar-refractivity contribution in [3.05, 3.63) is 114 Å². The standard InChI is InChI=1S/C28H22N4O4/c1-3-27(33)30-19-7-4-8-20(15-19)31-25-13-14-29-18-26(25)32(28(31)34)21-9-5-11-23(16-21)36-24-12-6-10-22(17-24)35-2/h3-18H,1H2,2H3,(H,30,33). The molecule has 0 atom stereocenters. The molecule has 0 saturated carbocycles. The molecule has 0 aliphatic carbocycles. The van der Waals surface area contributed by atoms with Gasteiger partial charge in [-0.3, -0.25) is 18.9 Å². The van der Waals surface area contributed by atoms with Crippen LogP contribution in [0, 0.1) is 0 Å². The quantitative estimate of drug-likeness (QED) is 0.329. The number of methoxy groups -OCH3 is 1. The molecule has 1 amide bonds. The number of fused-ring (bicyclic) bond motifs is 1. The second-order valence-electron chi connectivity index (χ2n) is 7.84. The van der Waals surface area contributed by atoms with Gasteiger partial charge < -0.3 is 14.8 Å². The van der Waals surface area contributed by atoms with Crippen LogP contribution in [0.2, 0.25) is 0 Å². The van der Waals surface area contributed by atoms with Crippen molar-refractivity contribution in [2.24, 2.45) is 0 Å². The predicted octanol–water partition coefficient (Wildman–Crippen LogP) is 5.10. The van der Waals surface area contributed by atoms with Gasteiger partial charge in [-0.2, -0.15) is 0 Å². The number of rotatable bonds is 7. The lowest BCUT2D eigenvalue weighted by Crippen LogP contribution is -2.22. The summed E-state index contributed by atoms with van der Waals surface area (Å²) >= 11 is 0. The third kappa shape index (κ3) is 4.35. The highest BCUT2D eigenvalue weighted by Crippen LogP contribution is 2.28. The first-order valence-corrected chi connectivity index (χ1v) is 11.1. The predicted molar refractivity (Wildman–Crippen MR) is 139 cm³/mol. The Bertz CT molecular complexity index is 1650. The van der Waals surface area contributed by atoms with Crippen molar-refractivity contribution in [2.45, 2.75) is 0 Å². The van der Waals surface area contributed by atoms with Crippen molar-refractivity contribution in [3.63, 3.8) is 0 Å². The lowest BCUT2D eigenvalue weighted by Gasteiger charge is -2.09. The van der Waals surface area contributed by atoms with E-state index in [1.54, 1.807) is 71.1 Å². The van der Waals surface area contributed by atoms with E-state index in [9.17, 15) is 9.59 Å². The summed E-state index contributed by atoms with van der Waals surface area (Å²) < 4.78 is 14.4. The first kappa shape index (κ1) is 22.7. The summed E-state index contributed by atoms with van der Waals surface area (Å²) in [5.41, 5.74) is 2.77. The third-order valence-electron chi connectivity index (χ3n) is 5.55. The van der Waals surface area contributed by atoms with E-state index in [0.29, 0.717) is 45.3 Å². The first-order chi connectivity index (χ1) is 17.6. The highest BCUT2D eigenvalue weighted by Gasteiger charge is 2.17. The van der Waals surface area contributed by atoms with Crippen LogP contribution in [0.25, 0.3) is 22.4 Å². The number of aromatic nitrogens is 3. The molecular formula is C28H22N4O4. The molecule has 8 heteroatoms. The number of benzene rings is 3. The van der Waals surface area contributed by atoms with Crippen LogP contribution in [-0.4, -0.2) is 27.1 Å². The van der Waals surface area contributed by atoms with Crippen LogP contribution in [-0.2, 0) is 4.79 Å². The zero-order chi connectivity index (χ0) is 25.1. The van der Waals surface area contributed by atoms with Crippen LogP contribution in [0.5, 0.6) is 17.2 Å². The number of carbonyl (C=O) groups is 1. The van der Waals surface area contributed by atoms with Crippen molar-refractivity contribution in [1.82, 2.24) is 14.1 Å². The molecule has 0 aliphatic heterocycles. The third-order valence-corrected chi connectivity index (χ3v) is 5.55. The largest absolute Gasteiger partial charge is 0.497 e.